The van der Waals surface area contributed by atoms with Crippen LogP contribution in [0.5, 0.6) is 5.75 Å². The van der Waals surface area contributed by atoms with Gasteiger partial charge in [0.2, 0.25) is 5.91 Å². The quantitative estimate of drug-likeness (QED) is 0.143. The van der Waals surface area contributed by atoms with Crippen molar-refractivity contribution in [2.75, 3.05) is 32.1 Å². The monoisotopic (exact) mass is 620 g/mol. The molecule has 0 saturated carbocycles. The van der Waals surface area contributed by atoms with Gasteiger partial charge in [0.15, 0.2) is 17.4 Å². The van der Waals surface area contributed by atoms with Crippen LogP contribution < -0.4 is 20.7 Å². The number of methoxy groups -OCH3 is 1. The Morgan fingerprint density at radius 3 is 2.56 bits per heavy atom. The van der Waals surface area contributed by atoms with E-state index in [2.05, 4.69) is 30.9 Å². The van der Waals surface area contributed by atoms with E-state index in [0.29, 0.717) is 10.7 Å². The van der Waals surface area contributed by atoms with Crippen LogP contribution in [0.25, 0.3) is 11.4 Å². The van der Waals surface area contributed by atoms with Gasteiger partial charge >= 0.3 is 0 Å². The number of halogens is 2. The molecule has 2 amide bonds. The Bertz CT molecular complexity index is 1450. The number of nitrogens with zero attached hydrogens (tertiary/aromatic N) is 3. The van der Waals surface area contributed by atoms with Crippen LogP contribution in [0.2, 0.25) is 5.02 Å². The predicted octanol–water partition coefficient (Wildman–Crippen LogP) is 0.162. The van der Waals surface area contributed by atoms with Crippen LogP contribution >= 0.6 is 11.6 Å². The first kappa shape index (κ1) is 31.9. The highest BCUT2D eigenvalue weighted by Crippen LogP contribution is 2.30. The largest absolute Gasteiger partial charge is 0.491 e. The van der Waals surface area contributed by atoms with E-state index in [1.807, 2.05) is 0 Å². The molecule has 16 heteroatoms. The maximum absolute atomic E-state index is 14.4. The molecule has 1 saturated heterocycles. The fourth-order valence-electron chi connectivity index (χ4n) is 4.30. The molecule has 1 aliphatic heterocycles. The Labute approximate surface area is 249 Å². The Balaban J connectivity index is 1.37. The van der Waals surface area contributed by atoms with Gasteiger partial charge in [-0.05, 0) is 24.3 Å². The van der Waals surface area contributed by atoms with E-state index in [1.54, 1.807) is 0 Å². The standard InChI is InChI=1S/C27H30ClFN6O8/c1-42-19-11-33-25(14-8-13(28)2-3-16(14)29)35-26(19)34-17-4-5-30-10-15(17)27(41)32-7-6-31-21(37)9-18-22(38)24(40)23(39)20(12-36)43-18/h2-5,8,10-11,18,20,22-24,36,38-40H,6-7,9,12H2,1H3,(H,31,37)(H,32,41)(H,30,33,34,35)/t18?,20-,22+,23-,24-/m1/s1. The molecular formula is C27H30ClFN6O8. The van der Waals surface area contributed by atoms with Gasteiger partial charge in [-0.3, -0.25) is 14.6 Å². The molecule has 1 aliphatic rings. The first-order chi connectivity index (χ1) is 20.6. The summed E-state index contributed by atoms with van der Waals surface area (Å²) in [7, 11) is 1.40. The number of aromatic nitrogens is 3. The highest BCUT2D eigenvalue weighted by Gasteiger charge is 2.43. The van der Waals surface area contributed by atoms with Crippen molar-refractivity contribution in [3.63, 3.8) is 0 Å². The van der Waals surface area contributed by atoms with Crippen molar-refractivity contribution in [3.8, 4) is 17.1 Å². The summed E-state index contributed by atoms with van der Waals surface area (Å²) in [6.07, 6.45) is -3.15. The molecule has 14 nitrogen and oxygen atoms in total. The molecule has 0 spiro atoms. The lowest BCUT2D eigenvalue weighted by molar-refractivity contribution is -0.229. The second-order valence-corrected chi connectivity index (χ2v) is 9.89. The Morgan fingerprint density at radius 2 is 1.81 bits per heavy atom. The van der Waals surface area contributed by atoms with Crippen molar-refractivity contribution >= 4 is 34.9 Å². The lowest BCUT2D eigenvalue weighted by atomic mass is 9.93. The van der Waals surface area contributed by atoms with E-state index in [1.165, 1.54) is 50.0 Å². The molecule has 1 unspecified atom stereocenters. The summed E-state index contributed by atoms with van der Waals surface area (Å²) < 4.78 is 25.1. The minimum Gasteiger partial charge on any atom is -0.491 e. The fraction of sp³-hybridized carbons (Fsp3) is 0.370. The second-order valence-electron chi connectivity index (χ2n) is 9.46. The van der Waals surface area contributed by atoms with Gasteiger partial charge in [0.1, 0.15) is 30.2 Å². The van der Waals surface area contributed by atoms with Gasteiger partial charge in [0, 0.05) is 30.5 Å². The smallest absolute Gasteiger partial charge is 0.255 e. The minimum atomic E-state index is -1.59. The normalized spacial score (nSPS) is 21.6. The molecule has 3 aromatic rings. The van der Waals surface area contributed by atoms with Gasteiger partial charge in [0.25, 0.3) is 5.91 Å². The van der Waals surface area contributed by atoms with Crippen LogP contribution in [0, 0.1) is 5.82 Å². The summed E-state index contributed by atoms with van der Waals surface area (Å²) >= 11 is 6.01. The third kappa shape index (κ3) is 7.70. The van der Waals surface area contributed by atoms with Gasteiger partial charge in [0.05, 0.1) is 49.3 Å². The molecule has 5 atom stereocenters. The molecule has 3 heterocycles. The van der Waals surface area contributed by atoms with Crippen molar-refractivity contribution in [1.82, 2.24) is 25.6 Å². The van der Waals surface area contributed by atoms with Crippen molar-refractivity contribution in [3.05, 3.63) is 59.3 Å². The molecule has 43 heavy (non-hydrogen) atoms. The number of carbonyl (C=O) groups excluding carboxylic acids is 2. The van der Waals surface area contributed by atoms with Crippen LogP contribution in [-0.4, -0.2) is 105 Å². The number of anilines is 2. The van der Waals surface area contributed by atoms with E-state index in [4.69, 9.17) is 21.1 Å². The van der Waals surface area contributed by atoms with E-state index in [9.17, 15) is 34.4 Å². The molecule has 230 valence electrons. The summed E-state index contributed by atoms with van der Waals surface area (Å²) in [5, 5.41) is 47.6. The third-order valence-corrected chi connectivity index (χ3v) is 6.81. The first-order valence-electron chi connectivity index (χ1n) is 13.1. The number of pyridine rings is 1. The molecule has 1 fully saturated rings. The van der Waals surface area contributed by atoms with Crippen molar-refractivity contribution in [2.24, 2.45) is 0 Å². The van der Waals surface area contributed by atoms with Gasteiger partial charge in [-0.2, -0.15) is 0 Å². The Hall–Kier alpha value is -3.99. The van der Waals surface area contributed by atoms with E-state index < -0.39 is 54.8 Å². The zero-order chi connectivity index (χ0) is 31.1. The van der Waals surface area contributed by atoms with Gasteiger partial charge < -0.3 is 45.9 Å². The molecule has 2 aromatic heterocycles. The maximum Gasteiger partial charge on any atom is 0.255 e. The summed E-state index contributed by atoms with van der Waals surface area (Å²) in [6.45, 7) is -0.576. The average molecular weight is 621 g/mol. The third-order valence-electron chi connectivity index (χ3n) is 6.57. The summed E-state index contributed by atoms with van der Waals surface area (Å²) in [4.78, 5) is 37.8. The van der Waals surface area contributed by atoms with Crippen LogP contribution in [-0.2, 0) is 9.53 Å². The Morgan fingerprint density at radius 1 is 1.07 bits per heavy atom. The number of hydrogen-bond acceptors (Lipinski definition) is 12. The SMILES string of the molecule is COc1cnc(-c2cc(Cl)ccc2F)nc1Nc1ccncc1C(=O)NCCNC(=O)CC1O[C@H](CO)[C@@H](O)[C@H](O)[C@H]1O. The number of aliphatic hydroxyl groups is 4. The van der Waals surface area contributed by atoms with Gasteiger partial charge in [-0.25, -0.2) is 14.4 Å². The van der Waals surface area contributed by atoms with Crippen LogP contribution in [0.1, 0.15) is 16.8 Å². The lowest BCUT2D eigenvalue weighted by Gasteiger charge is -2.39. The number of hydrogen-bond donors (Lipinski definition) is 7. The predicted molar refractivity (Wildman–Crippen MR) is 150 cm³/mol. The number of amides is 2. The summed E-state index contributed by atoms with van der Waals surface area (Å²) in [6, 6.07) is 5.51. The second kappa shape index (κ2) is 14.5. The Kier molecular flexibility index (Phi) is 10.7. The molecular weight excluding hydrogens is 591 g/mol. The zero-order valence-corrected chi connectivity index (χ0v) is 23.5. The number of aliphatic hydroxyl groups excluding tert-OH is 4. The van der Waals surface area contributed by atoms with E-state index in [0.717, 1.165) is 0 Å². The number of benzene rings is 1. The molecule has 0 radical (unpaired) electrons. The summed E-state index contributed by atoms with van der Waals surface area (Å²) in [5.41, 5.74) is 0.499. The molecule has 0 aliphatic carbocycles. The first-order valence-corrected chi connectivity index (χ1v) is 13.4. The van der Waals surface area contributed by atoms with E-state index >= 15 is 0 Å². The van der Waals surface area contributed by atoms with E-state index in [-0.39, 0.29) is 48.0 Å². The number of nitrogens with one attached hydrogen (secondary N) is 3. The van der Waals surface area contributed by atoms with Crippen molar-refractivity contribution in [1.29, 1.82) is 0 Å². The highest BCUT2D eigenvalue weighted by molar-refractivity contribution is 6.30. The minimum absolute atomic E-state index is 0.0132. The molecule has 7 N–H and O–H groups in total. The molecule has 4 rings (SSSR count). The average Bonchev–Trinajstić information content (AvgIpc) is 3.01. The molecule has 0 bridgehead atoms. The van der Waals surface area contributed by atoms with Crippen molar-refractivity contribution < 1.29 is 43.9 Å². The number of rotatable bonds is 11. The van der Waals surface area contributed by atoms with Crippen molar-refractivity contribution in [2.45, 2.75) is 36.9 Å². The number of carbonyl (C=O) groups is 2. The van der Waals surface area contributed by atoms with Gasteiger partial charge in [-0.15, -0.1) is 0 Å². The molecule has 1 aromatic carbocycles. The van der Waals surface area contributed by atoms with Gasteiger partial charge in [-0.1, -0.05) is 11.6 Å². The highest BCUT2D eigenvalue weighted by atomic mass is 35.5. The van der Waals surface area contributed by atoms with Crippen LogP contribution in [0.15, 0.2) is 42.9 Å². The number of ether oxygens (including phenoxy) is 2. The summed E-state index contributed by atoms with van der Waals surface area (Å²) in [5.74, 6) is -1.27. The zero-order valence-electron chi connectivity index (χ0n) is 22.8. The van der Waals surface area contributed by atoms with Crippen LogP contribution in [0.4, 0.5) is 15.9 Å². The maximum atomic E-state index is 14.4. The fourth-order valence-corrected chi connectivity index (χ4v) is 4.47. The van der Waals surface area contributed by atoms with Crippen LogP contribution in [0.3, 0.4) is 0 Å². The topological polar surface area (TPSA) is 208 Å². The lowest BCUT2D eigenvalue weighted by Crippen LogP contribution is -2.59.